The topological polar surface area (TPSA) is 164 Å². The van der Waals surface area contributed by atoms with Crippen molar-refractivity contribution in [3.8, 4) is 22.5 Å². The number of hydrogen-bond acceptors (Lipinski definition) is 7. The summed E-state index contributed by atoms with van der Waals surface area (Å²) in [5.41, 5.74) is 5.88. The molecule has 4 aromatic carbocycles. The molecule has 0 saturated heterocycles. The predicted molar refractivity (Wildman–Crippen MR) is 185 cm³/mol. The predicted octanol–water partition coefficient (Wildman–Crippen LogP) is 6.25. The maximum Gasteiger partial charge on any atom is 0.408 e. The van der Waals surface area contributed by atoms with Crippen molar-refractivity contribution in [1.29, 1.82) is 0 Å². The van der Waals surface area contributed by atoms with Crippen LogP contribution in [0.15, 0.2) is 116 Å². The molecule has 0 bridgehead atoms. The van der Waals surface area contributed by atoms with Crippen LogP contribution in [0.25, 0.3) is 22.5 Å². The number of benzene rings is 4. The van der Waals surface area contributed by atoms with E-state index in [1.165, 1.54) is 0 Å². The molecule has 0 fully saturated rings. The largest absolute Gasteiger partial charge is 0.445 e. The smallest absolute Gasteiger partial charge is 0.408 e. The summed E-state index contributed by atoms with van der Waals surface area (Å²) in [7, 11) is 0. The number of amides is 4. The highest BCUT2D eigenvalue weighted by molar-refractivity contribution is 5.97. The SMILES string of the molecule is C[C@H](NC(=O)OCc1ccccc1)C(=O)Nc1ccc(-c2nc[nH]c2-c2ccc(NC(=O)[C@H](C)NC(=O)OCc3ccccc3)cc2)cc1. The van der Waals surface area contributed by atoms with Crippen molar-refractivity contribution in [3.05, 3.63) is 127 Å². The van der Waals surface area contributed by atoms with Crippen molar-refractivity contribution in [2.75, 3.05) is 10.6 Å². The van der Waals surface area contributed by atoms with E-state index in [4.69, 9.17) is 9.47 Å². The number of nitrogens with zero attached hydrogens (tertiary/aromatic N) is 1. The van der Waals surface area contributed by atoms with E-state index in [-0.39, 0.29) is 13.2 Å². The number of ether oxygens (including phenoxy) is 2. The molecule has 49 heavy (non-hydrogen) atoms. The second-order valence-corrected chi connectivity index (χ2v) is 11.1. The Labute approximate surface area is 283 Å². The lowest BCUT2D eigenvalue weighted by atomic mass is 10.0. The van der Waals surface area contributed by atoms with Gasteiger partial charge in [0.2, 0.25) is 11.8 Å². The minimum Gasteiger partial charge on any atom is -0.445 e. The number of aromatic nitrogens is 2. The van der Waals surface area contributed by atoms with Gasteiger partial charge in [-0.15, -0.1) is 0 Å². The van der Waals surface area contributed by atoms with Gasteiger partial charge >= 0.3 is 12.2 Å². The molecule has 0 aliphatic heterocycles. The number of nitrogens with one attached hydrogen (secondary N) is 5. The van der Waals surface area contributed by atoms with Crippen LogP contribution in [-0.2, 0) is 32.3 Å². The number of aromatic amines is 1. The molecule has 5 aromatic rings. The normalized spacial score (nSPS) is 11.8. The molecule has 0 spiro atoms. The molecule has 0 unspecified atom stereocenters. The molecule has 1 heterocycles. The molecule has 0 saturated carbocycles. The second kappa shape index (κ2) is 16.4. The third kappa shape index (κ3) is 9.78. The number of carbonyl (C=O) groups excluding carboxylic acids is 4. The van der Waals surface area contributed by atoms with Crippen LogP contribution in [0.3, 0.4) is 0 Å². The van der Waals surface area contributed by atoms with Gasteiger partial charge in [0.15, 0.2) is 0 Å². The van der Waals surface area contributed by atoms with E-state index in [0.717, 1.165) is 27.9 Å². The first-order valence-electron chi connectivity index (χ1n) is 15.6. The number of anilines is 2. The van der Waals surface area contributed by atoms with Crippen LogP contribution in [-0.4, -0.2) is 46.1 Å². The van der Waals surface area contributed by atoms with Gasteiger partial charge < -0.3 is 35.7 Å². The zero-order chi connectivity index (χ0) is 34.6. The Bertz CT molecular complexity index is 1730. The quantitative estimate of drug-likeness (QED) is 0.106. The molecule has 4 amide bonds. The van der Waals surface area contributed by atoms with Crippen LogP contribution >= 0.6 is 0 Å². The van der Waals surface area contributed by atoms with Gasteiger partial charge in [-0.25, -0.2) is 14.6 Å². The number of imidazole rings is 1. The molecule has 0 radical (unpaired) electrons. The van der Waals surface area contributed by atoms with Gasteiger partial charge in [0.25, 0.3) is 0 Å². The zero-order valence-corrected chi connectivity index (χ0v) is 26.9. The van der Waals surface area contributed by atoms with Gasteiger partial charge in [0.05, 0.1) is 17.7 Å². The minimum atomic E-state index is -0.824. The highest BCUT2D eigenvalue weighted by atomic mass is 16.6. The number of rotatable bonds is 12. The van der Waals surface area contributed by atoms with Crippen molar-refractivity contribution in [2.45, 2.75) is 39.1 Å². The summed E-state index contributed by atoms with van der Waals surface area (Å²) in [5.74, 6) is -0.794. The molecule has 0 aliphatic carbocycles. The average molecular weight is 661 g/mol. The van der Waals surface area contributed by atoms with Gasteiger partial charge in [-0.1, -0.05) is 84.9 Å². The van der Waals surface area contributed by atoms with Crippen LogP contribution < -0.4 is 21.3 Å². The van der Waals surface area contributed by atoms with Gasteiger partial charge in [-0.2, -0.15) is 0 Å². The number of alkyl carbamates (subject to hydrolysis) is 2. The fourth-order valence-electron chi connectivity index (χ4n) is 4.68. The van der Waals surface area contributed by atoms with E-state index in [1.54, 1.807) is 44.4 Å². The van der Waals surface area contributed by atoms with E-state index >= 15 is 0 Å². The molecule has 12 nitrogen and oxygen atoms in total. The van der Waals surface area contributed by atoms with Crippen LogP contribution in [0.1, 0.15) is 25.0 Å². The van der Waals surface area contributed by atoms with E-state index < -0.39 is 36.1 Å². The maximum absolute atomic E-state index is 12.7. The van der Waals surface area contributed by atoms with Crippen LogP contribution in [0, 0.1) is 0 Å². The summed E-state index contributed by atoms with van der Waals surface area (Å²) < 4.78 is 10.4. The molecule has 5 N–H and O–H groups in total. The Kier molecular flexibility index (Phi) is 11.4. The Hall–Kier alpha value is -6.43. The lowest BCUT2D eigenvalue weighted by Gasteiger charge is -2.15. The molecule has 1 aromatic heterocycles. The third-order valence-corrected chi connectivity index (χ3v) is 7.39. The van der Waals surface area contributed by atoms with E-state index in [1.807, 2.05) is 84.9 Å². The van der Waals surface area contributed by atoms with Gasteiger partial charge in [0.1, 0.15) is 25.3 Å². The number of H-pyrrole nitrogens is 1. The Morgan fingerprint density at radius 3 is 1.49 bits per heavy atom. The molecule has 12 heteroatoms. The highest BCUT2D eigenvalue weighted by Crippen LogP contribution is 2.30. The summed E-state index contributed by atoms with van der Waals surface area (Å²) in [6.07, 6.45) is 0.212. The van der Waals surface area contributed by atoms with Crippen LogP contribution in [0.5, 0.6) is 0 Å². The first kappa shape index (κ1) is 33.9. The number of hydrogen-bond donors (Lipinski definition) is 5. The molecular formula is C37H36N6O6. The summed E-state index contributed by atoms with van der Waals surface area (Å²) in [4.78, 5) is 57.3. The van der Waals surface area contributed by atoms with Crippen molar-refractivity contribution in [3.63, 3.8) is 0 Å². The van der Waals surface area contributed by atoms with E-state index in [2.05, 4.69) is 31.2 Å². The highest BCUT2D eigenvalue weighted by Gasteiger charge is 2.19. The van der Waals surface area contributed by atoms with Crippen molar-refractivity contribution >= 4 is 35.4 Å². The van der Waals surface area contributed by atoms with Crippen molar-refractivity contribution in [1.82, 2.24) is 20.6 Å². The summed E-state index contributed by atoms with van der Waals surface area (Å²) in [6.45, 7) is 3.35. The van der Waals surface area contributed by atoms with Crippen molar-refractivity contribution < 1.29 is 28.7 Å². The zero-order valence-electron chi connectivity index (χ0n) is 26.9. The van der Waals surface area contributed by atoms with Gasteiger partial charge in [0, 0.05) is 22.5 Å². The summed E-state index contributed by atoms with van der Waals surface area (Å²) in [6, 6.07) is 31.2. The molecule has 250 valence electrons. The lowest BCUT2D eigenvalue weighted by molar-refractivity contribution is -0.118. The van der Waals surface area contributed by atoms with E-state index in [0.29, 0.717) is 17.1 Å². The van der Waals surface area contributed by atoms with Crippen molar-refractivity contribution in [2.24, 2.45) is 0 Å². The standard InChI is InChI=1S/C37H36N6O6/c1-24(40-36(46)48-21-26-9-5-3-6-10-26)34(44)42-30-17-13-28(14-18-30)32-33(39-23-38-32)29-15-19-31(20-16-29)43-35(45)25(2)41-37(47)49-22-27-11-7-4-8-12-27/h3-20,23-25H,21-22H2,1-2H3,(H,38,39)(H,40,46)(H,41,47)(H,42,44)(H,43,45)/t24-,25-/m0/s1. The average Bonchev–Trinajstić information content (AvgIpc) is 3.61. The molecular weight excluding hydrogens is 624 g/mol. The van der Waals surface area contributed by atoms with Gasteiger partial charge in [-0.3, -0.25) is 9.59 Å². The fourth-order valence-corrected chi connectivity index (χ4v) is 4.68. The first-order valence-corrected chi connectivity index (χ1v) is 15.6. The summed E-state index contributed by atoms with van der Waals surface area (Å²) in [5, 5.41) is 10.7. The minimum absolute atomic E-state index is 0.102. The fraction of sp³-hybridized carbons (Fsp3) is 0.162. The monoisotopic (exact) mass is 660 g/mol. The third-order valence-electron chi connectivity index (χ3n) is 7.39. The Morgan fingerprint density at radius 2 is 1.04 bits per heavy atom. The van der Waals surface area contributed by atoms with Gasteiger partial charge in [-0.05, 0) is 49.2 Å². The van der Waals surface area contributed by atoms with Crippen LogP contribution in [0.2, 0.25) is 0 Å². The molecule has 5 rings (SSSR count). The maximum atomic E-state index is 12.7. The molecule has 0 aliphatic rings. The Morgan fingerprint density at radius 1 is 0.612 bits per heavy atom. The second-order valence-electron chi connectivity index (χ2n) is 11.1. The summed E-state index contributed by atoms with van der Waals surface area (Å²) >= 11 is 0. The lowest BCUT2D eigenvalue weighted by Crippen LogP contribution is -2.41. The van der Waals surface area contributed by atoms with Crippen LogP contribution in [0.4, 0.5) is 21.0 Å². The first-order chi connectivity index (χ1) is 23.7. The number of carbonyl (C=O) groups is 4. The molecule has 2 atom stereocenters. The Balaban J connectivity index is 1.11. The van der Waals surface area contributed by atoms with E-state index in [9.17, 15) is 19.2 Å².